The third kappa shape index (κ3) is 7.67. The van der Waals surface area contributed by atoms with Gasteiger partial charge in [0.25, 0.3) is 0 Å². The number of amidine groups is 1. The third-order valence-electron chi connectivity index (χ3n) is 15.0. The van der Waals surface area contributed by atoms with Crippen LogP contribution in [0.15, 0.2) is 294 Å². The molecule has 350 valence electrons. The minimum absolute atomic E-state index is 0.0131. The van der Waals surface area contributed by atoms with Gasteiger partial charge in [-0.05, 0) is 133 Å². The molecule has 4 heteroatoms. The van der Waals surface area contributed by atoms with Crippen molar-refractivity contribution in [3.05, 3.63) is 312 Å². The van der Waals surface area contributed by atoms with Gasteiger partial charge >= 0.3 is 0 Å². The Balaban J connectivity index is 1.21. The number of rotatable bonds is 8. The highest BCUT2D eigenvalue weighted by atomic mass is 15.3. The van der Waals surface area contributed by atoms with Crippen molar-refractivity contribution in [3.8, 4) is 55.6 Å². The number of aliphatic imine (C=N–C) groups is 3. The molecule has 0 saturated carbocycles. The van der Waals surface area contributed by atoms with Gasteiger partial charge < -0.3 is 4.90 Å². The summed E-state index contributed by atoms with van der Waals surface area (Å²) in [5, 5.41) is 0. The molecule has 74 heavy (non-hydrogen) atoms. The van der Waals surface area contributed by atoms with Crippen LogP contribution in [0.5, 0.6) is 0 Å². The van der Waals surface area contributed by atoms with Crippen LogP contribution in [-0.4, -0.2) is 24.6 Å². The van der Waals surface area contributed by atoms with Crippen molar-refractivity contribution < 1.29 is 0 Å². The fourth-order valence-corrected chi connectivity index (χ4v) is 11.7. The molecule has 0 aromatic heterocycles. The van der Waals surface area contributed by atoms with Gasteiger partial charge in [0.2, 0.25) is 5.96 Å². The number of allylic oxidation sites excluding steroid dienone is 2. The molecule has 0 spiro atoms. The molecule has 0 bridgehead atoms. The molecule has 4 nitrogen and oxygen atoms in total. The predicted octanol–water partition coefficient (Wildman–Crippen LogP) is 17.0. The van der Waals surface area contributed by atoms with Crippen LogP contribution in [0.3, 0.4) is 0 Å². The van der Waals surface area contributed by atoms with Crippen LogP contribution >= 0.6 is 0 Å². The van der Waals surface area contributed by atoms with Crippen molar-refractivity contribution in [3.63, 3.8) is 0 Å². The smallest absolute Gasteiger partial charge is 0.233 e. The Hall–Kier alpha value is -9.51. The number of nitrogens with zero attached hydrogens (tertiary/aromatic N) is 4. The van der Waals surface area contributed by atoms with Crippen LogP contribution in [0.4, 0.5) is 11.4 Å². The summed E-state index contributed by atoms with van der Waals surface area (Å²) in [6.07, 6.45) is 9.02. The lowest BCUT2D eigenvalue weighted by molar-refractivity contribution is 0.745. The molecule has 1 heterocycles. The first-order valence-electron chi connectivity index (χ1n) is 25.3. The van der Waals surface area contributed by atoms with Gasteiger partial charge in [-0.1, -0.05) is 231 Å². The van der Waals surface area contributed by atoms with Crippen LogP contribution in [0, 0.1) is 0 Å². The number of guanidine groups is 1. The molecule has 1 aliphatic heterocycles. The van der Waals surface area contributed by atoms with Crippen molar-refractivity contribution in [1.82, 2.24) is 0 Å². The Morgan fingerprint density at radius 1 is 0.432 bits per heavy atom. The van der Waals surface area contributed by atoms with E-state index in [0.29, 0.717) is 11.8 Å². The van der Waals surface area contributed by atoms with E-state index in [1.54, 1.807) is 0 Å². The van der Waals surface area contributed by atoms with Crippen LogP contribution in [0.1, 0.15) is 39.3 Å². The van der Waals surface area contributed by atoms with Gasteiger partial charge in [-0.25, -0.2) is 9.98 Å². The minimum Gasteiger partial charge on any atom is -0.302 e. The molecule has 10 aromatic carbocycles. The molecule has 0 fully saturated rings. The quantitative estimate of drug-likeness (QED) is 0.111. The number of hydrogen-bond donors (Lipinski definition) is 0. The van der Waals surface area contributed by atoms with E-state index in [0.717, 1.165) is 72.6 Å². The summed E-state index contributed by atoms with van der Waals surface area (Å²) < 4.78 is 0. The number of fused-ring (bicyclic) bond motifs is 7. The average Bonchev–Trinajstić information content (AvgIpc) is 4.14. The van der Waals surface area contributed by atoms with E-state index in [1.807, 2.05) is 60.7 Å². The summed E-state index contributed by atoms with van der Waals surface area (Å²) in [6.45, 7) is 4.09. The first kappa shape index (κ1) is 44.4. The molecule has 0 amide bonds. The highest BCUT2D eigenvalue weighted by molar-refractivity contribution is 6.14. The largest absolute Gasteiger partial charge is 0.302 e. The molecule has 0 radical (unpaired) electrons. The lowest BCUT2D eigenvalue weighted by Gasteiger charge is -2.38. The number of para-hydroxylation sites is 1. The standard InChI is InChI=1S/C70H50N4/c1-71-68(52-32-16-6-17-33-52)73-69(72-59-34-18-7-19-35-59)74-65-39-23-21-37-61(65)63-41-40-62-60-36-20-22-38-64(60)70(66(62)67(63)74,57-44-53(48-24-8-2-9-25-48)42-54(45-57)49-26-10-3-11-27-49)58-46-55(50-28-12-4-13-29-50)43-56(47-58)51-30-14-5-15-31-51/h2-47,61,65H,1H2. The van der Waals surface area contributed by atoms with E-state index < -0.39 is 5.41 Å². The summed E-state index contributed by atoms with van der Waals surface area (Å²) in [5.41, 5.74) is 19.2. The molecule has 10 aromatic rings. The van der Waals surface area contributed by atoms with Gasteiger partial charge in [0.15, 0.2) is 5.84 Å². The summed E-state index contributed by atoms with van der Waals surface area (Å²) in [5.74, 6) is 1.01. The Morgan fingerprint density at radius 2 is 0.892 bits per heavy atom. The predicted molar refractivity (Wildman–Crippen MR) is 309 cm³/mol. The number of benzene rings is 10. The zero-order chi connectivity index (χ0) is 49.4. The second-order valence-corrected chi connectivity index (χ2v) is 19.1. The van der Waals surface area contributed by atoms with Gasteiger partial charge in [0.05, 0.1) is 22.8 Å². The van der Waals surface area contributed by atoms with Crippen molar-refractivity contribution in [2.45, 2.75) is 17.4 Å². The third-order valence-corrected chi connectivity index (χ3v) is 15.0. The number of hydrogen-bond acceptors (Lipinski definition) is 1. The maximum Gasteiger partial charge on any atom is 0.233 e. The molecule has 2 atom stereocenters. The Bertz CT molecular complexity index is 3600. The van der Waals surface area contributed by atoms with E-state index in [-0.39, 0.29) is 12.0 Å². The van der Waals surface area contributed by atoms with E-state index in [9.17, 15) is 0 Å². The summed E-state index contributed by atoms with van der Waals surface area (Å²) in [6, 6.07) is 91.8. The van der Waals surface area contributed by atoms with Crippen molar-refractivity contribution in [2.24, 2.45) is 15.0 Å². The number of anilines is 1. The van der Waals surface area contributed by atoms with Crippen LogP contribution < -0.4 is 4.90 Å². The highest BCUT2D eigenvalue weighted by Crippen LogP contribution is 2.63. The summed E-state index contributed by atoms with van der Waals surface area (Å²) in [7, 11) is 0. The fraction of sp³-hybridized carbons (Fsp3) is 0.0429. The molecule has 0 N–H and O–H groups in total. The average molecular weight is 947 g/mol. The first-order valence-corrected chi connectivity index (χ1v) is 25.3. The van der Waals surface area contributed by atoms with E-state index >= 15 is 0 Å². The maximum absolute atomic E-state index is 5.54. The zero-order valence-electron chi connectivity index (χ0n) is 40.7. The normalized spacial score (nSPS) is 16.0. The maximum atomic E-state index is 5.54. The lowest BCUT2D eigenvalue weighted by atomic mass is 9.65. The topological polar surface area (TPSA) is 40.3 Å². The van der Waals surface area contributed by atoms with Gasteiger partial charge in [-0.3, -0.25) is 0 Å². The molecular weight excluding hydrogens is 897 g/mol. The van der Waals surface area contributed by atoms with Crippen LogP contribution in [-0.2, 0) is 5.41 Å². The second-order valence-electron chi connectivity index (χ2n) is 19.1. The zero-order valence-corrected chi connectivity index (χ0v) is 40.7. The molecule has 2 aliphatic carbocycles. The van der Waals surface area contributed by atoms with Crippen LogP contribution in [0.25, 0.3) is 55.6 Å². The minimum atomic E-state index is -0.917. The molecular formula is C70H50N4. The molecule has 3 aliphatic rings. The van der Waals surface area contributed by atoms with Crippen molar-refractivity contribution >= 4 is 29.9 Å². The van der Waals surface area contributed by atoms with Gasteiger partial charge in [-0.15, -0.1) is 0 Å². The van der Waals surface area contributed by atoms with Gasteiger partial charge in [0.1, 0.15) is 0 Å². The van der Waals surface area contributed by atoms with Crippen LogP contribution in [0.2, 0.25) is 0 Å². The molecule has 2 unspecified atom stereocenters. The van der Waals surface area contributed by atoms with Gasteiger partial charge in [0, 0.05) is 17.0 Å². The molecule has 13 rings (SSSR count). The second kappa shape index (κ2) is 18.9. The SMILES string of the molecule is C=NC(=NC(=Nc1ccccc1)N1c2c(ccc3c2C(c2cc(-c4ccccc4)cc(-c4ccccc4)c2)(c2cc(-c4ccccc4)cc(-c4ccccc4)c2)c2ccccc2-3)C2C=CC=CC21)c1ccccc1. The first-order chi connectivity index (χ1) is 36.7. The van der Waals surface area contributed by atoms with E-state index in [1.165, 1.54) is 27.8 Å². The Labute approximate surface area is 433 Å². The Kier molecular flexibility index (Phi) is 11.4. The van der Waals surface area contributed by atoms with Crippen molar-refractivity contribution in [1.29, 1.82) is 0 Å². The summed E-state index contributed by atoms with van der Waals surface area (Å²) in [4.78, 5) is 18.1. The monoisotopic (exact) mass is 946 g/mol. The summed E-state index contributed by atoms with van der Waals surface area (Å²) >= 11 is 0. The lowest BCUT2D eigenvalue weighted by Crippen LogP contribution is -2.40. The highest BCUT2D eigenvalue weighted by Gasteiger charge is 2.53. The fourth-order valence-electron chi connectivity index (χ4n) is 11.7. The van der Waals surface area contributed by atoms with E-state index in [2.05, 4.69) is 235 Å². The molecule has 0 saturated heterocycles. The van der Waals surface area contributed by atoms with Crippen molar-refractivity contribution in [2.75, 3.05) is 4.90 Å². The Morgan fingerprint density at radius 3 is 1.41 bits per heavy atom. The van der Waals surface area contributed by atoms with E-state index in [4.69, 9.17) is 9.98 Å². The van der Waals surface area contributed by atoms with Gasteiger partial charge in [-0.2, -0.15) is 4.99 Å².